The minimum atomic E-state index is -3.38. The van der Waals surface area contributed by atoms with Crippen molar-refractivity contribution >= 4 is 15.7 Å². The normalized spacial score (nSPS) is 13.2. The van der Waals surface area contributed by atoms with Gasteiger partial charge in [-0.1, -0.05) is 13.0 Å². The lowest BCUT2D eigenvalue weighted by molar-refractivity contribution is 0.238. The number of hydrogen-bond acceptors (Lipinski definition) is 5. The maximum absolute atomic E-state index is 11.6. The number of nitrogen functional groups attached to an aromatic ring is 1. The molecule has 0 heterocycles. The number of ether oxygens (including phenoxy) is 1. The van der Waals surface area contributed by atoms with E-state index in [1.54, 1.807) is 31.2 Å². The molecule has 6 nitrogen and oxygen atoms in total. The van der Waals surface area contributed by atoms with Gasteiger partial charge in [-0.2, -0.15) is 0 Å². The van der Waals surface area contributed by atoms with Crippen LogP contribution in [0.25, 0.3) is 0 Å². The molecule has 4 N–H and O–H groups in total. The standard InChI is InChI=1S/C12H20N2O4S/c1-10(9-15)8-14-19(16,17)6-5-18-12-4-2-3-11(13)7-12/h2-4,7,10,14-15H,5-6,8-9,13H2,1H3. The zero-order valence-corrected chi connectivity index (χ0v) is 11.7. The first-order chi connectivity index (χ1) is 8.93. The number of sulfonamides is 1. The number of aliphatic hydroxyl groups excluding tert-OH is 1. The minimum absolute atomic E-state index is 0.0479. The number of nitrogens with one attached hydrogen (secondary N) is 1. The van der Waals surface area contributed by atoms with Gasteiger partial charge in [-0.3, -0.25) is 0 Å². The Hall–Kier alpha value is -1.31. The molecular weight excluding hydrogens is 268 g/mol. The van der Waals surface area contributed by atoms with E-state index >= 15 is 0 Å². The molecule has 7 heteroatoms. The number of nitrogens with two attached hydrogens (primary N) is 1. The molecule has 108 valence electrons. The fraction of sp³-hybridized carbons (Fsp3) is 0.500. The first-order valence-corrected chi connectivity index (χ1v) is 7.64. The quantitative estimate of drug-likeness (QED) is 0.593. The molecule has 1 aromatic rings. The number of benzene rings is 1. The number of hydrogen-bond donors (Lipinski definition) is 3. The summed E-state index contributed by atoms with van der Waals surface area (Å²) in [4.78, 5) is 0. The summed E-state index contributed by atoms with van der Waals surface area (Å²) in [7, 11) is -3.38. The van der Waals surface area contributed by atoms with Crippen LogP contribution in [0.3, 0.4) is 0 Å². The van der Waals surface area contributed by atoms with E-state index in [4.69, 9.17) is 15.6 Å². The lowest BCUT2D eigenvalue weighted by Crippen LogP contribution is -2.33. The van der Waals surface area contributed by atoms with Crippen LogP contribution in [0.15, 0.2) is 24.3 Å². The molecule has 0 bridgehead atoms. The van der Waals surface area contributed by atoms with E-state index in [1.165, 1.54) is 0 Å². The van der Waals surface area contributed by atoms with Crippen LogP contribution in [0.1, 0.15) is 6.92 Å². The monoisotopic (exact) mass is 288 g/mol. The number of aliphatic hydroxyl groups is 1. The molecule has 0 amide bonds. The highest BCUT2D eigenvalue weighted by molar-refractivity contribution is 7.89. The summed E-state index contributed by atoms with van der Waals surface area (Å²) in [6, 6.07) is 6.81. The number of anilines is 1. The van der Waals surface area contributed by atoms with Gasteiger partial charge in [-0.25, -0.2) is 13.1 Å². The molecule has 19 heavy (non-hydrogen) atoms. The maximum atomic E-state index is 11.6. The molecule has 1 unspecified atom stereocenters. The Morgan fingerprint density at radius 1 is 1.47 bits per heavy atom. The average molecular weight is 288 g/mol. The van der Waals surface area contributed by atoms with Crippen LogP contribution in [-0.4, -0.2) is 39.0 Å². The van der Waals surface area contributed by atoms with Gasteiger partial charge in [0.1, 0.15) is 12.4 Å². The predicted octanol–water partition coefficient (Wildman–Crippen LogP) is 0.195. The van der Waals surface area contributed by atoms with Gasteiger partial charge in [-0.05, 0) is 18.1 Å². The molecule has 1 rings (SSSR count). The second-order valence-electron chi connectivity index (χ2n) is 4.38. The lowest BCUT2D eigenvalue weighted by Gasteiger charge is -2.11. The molecule has 0 saturated heterocycles. The summed E-state index contributed by atoms with van der Waals surface area (Å²) in [5.74, 6) is 0.295. The van der Waals surface area contributed by atoms with Crippen molar-refractivity contribution in [1.29, 1.82) is 0 Å². The van der Waals surface area contributed by atoms with Gasteiger partial charge < -0.3 is 15.6 Å². The van der Waals surface area contributed by atoms with Gasteiger partial charge in [0.05, 0.1) is 5.75 Å². The summed E-state index contributed by atoms with van der Waals surface area (Å²) in [6.45, 7) is 1.97. The summed E-state index contributed by atoms with van der Waals surface area (Å²) in [5.41, 5.74) is 6.14. The van der Waals surface area contributed by atoms with Crippen LogP contribution in [0, 0.1) is 5.92 Å². The van der Waals surface area contributed by atoms with Crippen LogP contribution < -0.4 is 15.2 Å². The smallest absolute Gasteiger partial charge is 0.214 e. The van der Waals surface area contributed by atoms with E-state index in [9.17, 15) is 8.42 Å². The van der Waals surface area contributed by atoms with Crippen molar-refractivity contribution in [3.05, 3.63) is 24.3 Å². The van der Waals surface area contributed by atoms with Crippen LogP contribution >= 0.6 is 0 Å². The van der Waals surface area contributed by atoms with Gasteiger partial charge in [0.15, 0.2) is 0 Å². The van der Waals surface area contributed by atoms with Gasteiger partial charge in [0, 0.05) is 24.9 Å². The molecule has 0 spiro atoms. The highest BCUT2D eigenvalue weighted by Gasteiger charge is 2.12. The van der Waals surface area contributed by atoms with Crippen molar-refractivity contribution in [3.63, 3.8) is 0 Å². The van der Waals surface area contributed by atoms with Crippen LogP contribution in [0.4, 0.5) is 5.69 Å². The molecule has 0 aromatic heterocycles. The minimum Gasteiger partial charge on any atom is -0.492 e. The number of rotatable bonds is 8. The van der Waals surface area contributed by atoms with Crippen molar-refractivity contribution in [1.82, 2.24) is 4.72 Å². The van der Waals surface area contributed by atoms with Gasteiger partial charge >= 0.3 is 0 Å². The van der Waals surface area contributed by atoms with E-state index in [1.807, 2.05) is 0 Å². The fourth-order valence-electron chi connectivity index (χ4n) is 1.28. The van der Waals surface area contributed by atoms with Crippen LogP contribution in [0.5, 0.6) is 5.75 Å². The fourth-order valence-corrected chi connectivity index (χ4v) is 2.27. The van der Waals surface area contributed by atoms with Gasteiger partial charge in [0.25, 0.3) is 0 Å². The Bertz CT molecular complexity index is 490. The van der Waals surface area contributed by atoms with Crippen LogP contribution in [-0.2, 0) is 10.0 Å². The first kappa shape index (κ1) is 15.7. The predicted molar refractivity (Wildman–Crippen MR) is 74.4 cm³/mol. The molecular formula is C12H20N2O4S. The van der Waals surface area contributed by atoms with E-state index < -0.39 is 10.0 Å². The molecule has 0 aliphatic carbocycles. The first-order valence-electron chi connectivity index (χ1n) is 5.99. The highest BCUT2D eigenvalue weighted by Crippen LogP contribution is 2.14. The maximum Gasteiger partial charge on any atom is 0.214 e. The Kier molecular flexibility index (Phi) is 6.07. The van der Waals surface area contributed by atoms with Crippen molar-refractivity contribution in [3.8, 4) is 5.75 Å². The molecule has 0 aliphatic rings. The van der Waals surface area contributed by atoms with Gasteiger partial charge in [-0.15, -0.1) is 0 Å². The Labute approximate surface area is 113 Å². The summed E-state index contributed by atoms with van der Waals surface area (Å²) >= 11 is 0. The third kappa shape index (κ3) is 6.42. The molecule has 0 aliphatic heterocycles. The van der Waals surface area contributed by atoms with Crippen molar-refractivity contribution in [2.45, 2.75) is 6.92 Å². The largest absolute Gasteiger partial charge is 0.492 e. The summed E-state index contributed by atoms with van der Waals surface area (Å²) < 4.78 is 30.9. The Morgan fingerprint density at radius 3 is 2.84 bits per heavy atom. The average Bonchev–Trinajstić information content (AvgIpc) is 2.36. The molecule has 0 radical (unpaired) electrons. The summed E-state index contributed by atoms with van der Waals surface area (Å²) in [5, 5.41) is 8.81. The lowest BCUT2D eigenvalue weighted by atomic mass is 10.2. The Morgan fingerprint density at radius 2 is 2.21 bits per heavy atom. The van der Waals surface area contributed by atoms with Crippen molar-refractivity contribution in [2.24, 2.45) is 5.92 Å². The second kappa shape index (κ2) is 7.32. The zero-order valence-electron chi connectivity index (χ0n) is 10.9. The van der Waals surface area contributed by atoms with E-state index in [-0.39, 0.29) is 31.4 Å². The molecule has 1 atom stereocenters. The molecule has 1 aromatic carbocycles. The topological polar surface area (TPSA) is 102 Å². The molecule has 0 fully saturated rings. The SMILES string of the molecule is CC(CO)CNS(=O)(=O)CCOc1cccc(N)c1. The summed E-state index contributed by atoms with van der Waals surface area (Å²) in [6.07, 6.45) is 0. The van der Waals surface area contributed by atoms with E-state index in [0.717, 1.165) is 0 Å². The van der Waals surface area contributed by atoms with E-state index in [0.29, 0.717) is 11.4 Å². The zero-order chi connectivity index (χ0) is 14.3. The molecule has 0 saturated carbocycles. The Balaban J connectivity index is 2.35. The van der Waals surface area contributed by atoms with E-state index in [2.05, 4.69) is 4.72 Å². The van der Waals surface area contributed by atoms with Crippen molar-refractivity contribution < 1.29 is 18.3 Å². The highest BCUT2D eigenvalue weighted by atomic mass is 32.2. The van der Waals surface area contributed by atoms with Crippen molar-refractivity contribution in [2.75, 3.05) is 31.2 Å². The second-order valence-corrected chi connectivity index (χ2v) is 6.30. The third-order valence-electron chi connectivity index (χ3n) is 2.44. The third-order valence-corrected chi connectivity index (χ3v) is 3.75. The van der Waals surface area contributed by atoms with Gasteiger partial charge in [0.2, 0.25) is 10.0 Å². The van der Waals surface area contributed by atoms with Crippen LogP contribution in [0.2, 0.25) is 0 Å².